The van der Waals surface area contributed by atoms with Crippen LogP contribution in [0.25, 0.3) is 0 Å². The zero-order valence-corrected chi connectivity index (χ0v) is 12.1. The van der Waals surface area contributed by atoms with Gasteiger partial charge in [0, 0.05) is 23.4 Å². The molecule has 0 amide bonds. The minimum Gasteiger partial charge on any atom is -0.382 e. The van der Waals surface area contributed by atoms with Crippen LogP contribution in [0.4, 0.5) is 5.69 Å². The average Bonchev–Trinajstić information content (AvgIpc) is 2.33. The Morgan fingerprint density at radius 1 is 1.39 bits per heavy atom. The Bertz CT molecular complexity index is 405. The molecular formula is C15H22ClNO. The Morgan fingerprint density at radius 2 is 2.17 bits per heavy atom. The second kappa shape index (κ2) is 5.94. The Labute approximate surface area is 115 Å². The summed E-state index contributed by atoms with van der Waals surface area (Å²) in [7, 11) is 0. The van der Waals surface area contributed by atoms with Gasteiger partial charge in [0.05, 0.1) is 6.10 Å². The fraction of sp³-hybridized carbons (Fsp3) is 0.600. The van der Waals surface area contributed by atoms with Gasteiger partial charge < -0.3 is 10.1 Å². The molecule has 1 N–H and O–H groups in total. The lowest BCUT2D eigenvalue weighted by atomic mass is 9.95. The molecule has 1 aromatic rings. The summed E-state index contributed by atoms with van der Waals surface area (Å²) in [4.78, 5) is 0. The van der Waals surface area contributed by atoms with Gasteiger partial charge in [0.15, 0.2) is 0 Å². The van der Waals surface area contributed by atoms with Crippen molar-refractivity contribution < 1.29 is 4.74 Å². The molecule has 0 radical (unpaired) electrons. The first-order chi connectivity index (χ1) is 8.56. The van der Waals surface area contributed by atoms with Crippen LogP contribution in [0.3, 0.4) is 0 Å². The summed E-state index contributed by atoms with van der Waals surface area (Å²) in [5, 5.41) is 4.42. The predicted octanol–water partition coefficient (Wildman–Crippen LogP) is 4.26. The molecule has 3 heteroatoms. The lowest BCUT2D eigenvalue weighted by molar-refractivity contribution is -0.0160. The molecule has 1 aliphatic heterocycles. The zero-order chi connectivity index (χ0) is 13.1. The third-order valence-corrected chi connectivity index (χ3v) is 3.84. The highest BCUT2D eigenvalue weighted by Gasteiger charge is 2.24. The summed E-state index contributed by atoms with van der Waals surface area (Å²) >= 11 is 5.98. The van der Waals surface area contributed by atoms with Crippen molar-refractivity contribution in [1.29, 1.82) is 0 Å². The molecule has 100 valence electrons. The Hall–Kier alpha value is -0.730. The first kappa shape index (κ1) is 13.7. The molecule has 1 aromatic carbocycles. The minimum atomic E-state index is 0.379. The van der Waals surface area contributed by atoms with Crippen molar-refractivity contribution in [3.63, 3.8) is 0 Å². The summed E-state index contributed by atoms with van der Waals surface area (Å²) in [6.07, 6.45) is 2.54. The Balaban J connectivity index is 2.00. The van der Waals surface area contributed by atoms with Gasteiger partial charge in [0.2, 0.25) is 0 Å². The highest BCUT2D eigenvalue weighted by molar-refractivity contribution is 6.30. The molecule has 0 bridgehead atoms. The maximum absolute atomic E-state index is 5.98. The second-order valence-corrected chi connectivity index (χ2v) is 5.91. The van der Waals surface area contributed by atoms with Gasteiger partial charge in [0.25, 0.3) is 0 Å². The SMILES string of the molecule is Cc1cc(Cl)ccc1NC1CCOC(C(C)C)C1. The number of aryl methyl sites for hydroxylation is 1. The Kier molecular flexibility index (Phi) is 4.52. The van der Waals surface area contributed by atoms with Crippen LogP contribution in [0.5, 0.6) is 0 Å². The number of rotatable bonds is 3. The van der Waals surface area contributed by atoms with Crippen molar-refractivity contribution >= 4 is 17.3 Å². The molecule has 1 aliphatic rings. The van der Waals surface area contributed by atoms with Crippen LogP contribution in [0.2, 0.25) is 5.02 Å². The van der Waals surface area contributed by atoms with E-state index in [1.165, 1.54) is 11.3 Å². The van der Waals surface area contributed by atoms with E-state index in [1.54, 1.807) is 0 Å². The van der Waals surface area contributed by atoms with Crippen LogP contribution in [0, 0.1) is 12.8 Å². The number of halogens is 1. The molecule has 1 fully saturated rings. The number of hydrogen-bond donors (Lipinski definition) is 1. The van der Waals surface area contributed by atoms with Crippen LogP contribution in [-0.2, 0) is 4.74 Å². The van der Waals surface area contributed by atoms with Crippen molar-refractivity contribution in [2.45, 2.75) is 45.8 Å². The third-order valence-electron chi connectivity index (χ3n) is 3.61. The van der Waals surface area contributed by atoms with Gasteiger partial charge in [-0.2, -0.15) is 0 Å². The van der Waals surface area contributed by atoms with Gasteiger partial charge in [-0.15, -0.1) is 0 Å². The molecule has 2 atom stereocenters. The van der Waals surface area contributed by atoms with E-state index in [0.29, 0.717) is 18.1 Å². The summed E-state index contributed by atoms with van der Waals surface area (Å²) in [6, 6.07) is 6.52. The van der Waals surface area contributed by atoms with Gasteiger partial charge in [-0.05, 0) is 49.4 Å². The maximum Gasteiger partial charge on any atom is 0.0617 e. The average molecular weight is 268 g/mol. The number of ether oxygens (including phenoxy) is 1. The second-order valence-electron chi connectivity index (χ2n) is 5.48. The number of hydrogen-bond acceptors (Lipinski definition) is 2. The lowest BCUT2D eigenvalue weighted by Crippen LogP contribution is -2.36. The smallest absolute Gasteiger partial charge is 0.0617 e. The maximum atomic E-state index is 5.98. The first-order valence-electron chi connectivity index (χ1n) is 6.70. The molecule has 2 unspecified atom stereocenters. The van der Waals surface area contributed by atoms with Gasteiger partial charge in [0.1, 0.15) is 0 Å². The summed E-state index contributed by atoms with van der Waals surface area (Å²) in [6.45, 7) is 7.39. The van der Waals surface area contributed by atoms with E-state index in [1.807, 2.05) is 12.1 Å². The van der Waals surface area contributed by atoms with Gasteiger partial charge >= 0.3 is 0 Å². The van der Waals surface area contributed by atoms with Crippen LogP contribution in [0.15, 0.2) is 18.2 Å². The summed E-state index contributed by atoms with van der Waals surface area (Å²) < 4.78 is 5.80. The molecule has 0 spiro atoms. The van der Waals surface area contributed by atoms with Crippen molar-refractivity contribution in [2.75, 3.05) is 11.9 Å². The molecular weight excluding hydrogens is 246 g/mol. The van der Waals surface area contributed by atoms with Gasteiger partial charge in [-0.3, -0.25) is 0 Å². The zero-order valence-electron chi connectivity index (χ0n) is 11.4. The van der Waals surface area contributed by atoms with Crippen LogP contribution < -0.4 is 5.32 Å². The van der Waals surface area contributed by atoms with Crippen molar-refractivity contribution in [1.82, 2.24) is 0 Å². The van der Waals surface area contributed by atoms with Crippen LogP contribution in [-0.4, -0.2) is 18.8 Å². The van der Waals surface area contributed by atoms with Gasteiger partial charge in [-0.1, -0.05) is 25.4 Å². The molecule has 0 aliphatic carbocycles. The van der Waals surface area contributed by atoms with Crippen molar-refractivity contribution in [2.24, 2.45) is 5.92 Å². The Morgan fingerprint density at radius 3 is 2.83 bits per heavy atom. The standard InChI is InChI=1S/C15H22ClNO/c1-10(2)15-9-13(6-7-18-15)17-14-5-4-12(16)8-11(14)3/h4-5,8,10,13,15,17H,6-7,9H2,1-3H3. The molecule has 18 heavy (non-hydrogen) atoms. The van der Waals surface area contributed by atoms with E-state index >= 15 is 0 Å². The van der Waals surface area contributed by atoms with E-state index in [4.69, 9.17) is 16.3 Å². The molecule has 2 nitrogen and oxygen atoms in total. The lowest BCUT2D eigenvalue weighted by Gasteiger charge is -2.33. The van der Waals surface area contributed by atoms with Crippen LogP contribution in [0.1, 0.15) is 32.3 Å². The van der Waals surface area contributed by atoms with E-state index in [-0.39, 0.29) is 0 Å². The predicted molar refractivity (Wildman–Crippen MR) is 77.4 cm³/mol. The minimum absolute atomic E-state index is 0.379. The quantitative estimate of drug-likeness (QED) is 0.883. The van der Waals surface area contributed by atoms with E-state index < -0.39 is 0 Å². The molecule has 1 saturated heterocycles. The number of nitrogens with one attached hydrogen (secondary N) is 1. The van der Waals surface area contributed by atoms with Gasteiger partial charge in [-0.25, -0.2) is 0 Å². The normalized spacial score (nSPS) is 24.3. The van der Waals surface area contributed by atoms with Crippen molar-refractivity contribution in [3.8, 4) is 0 Å². The topological polar surface area (TPSA) is 21.3 Å². The van der Waals surface area contributed by atoms with E-state index in [2.05, 4.69) is 32.2 Å². The molecule has 0 aromatic heterocycles. The summed E-state index contributed by atoms with van der Waals surface area (Å²) in [5.74, 6) is 0.584. The van der Waals surface area contributed by atoms with Crippen LogP contribution >= 0.6 is 11.6 Å². The van der Waals surface area contributed by atoms with E-state index in [9.17, 15) is 0 Å². The third kappa shape index (κ3) is 3.39. The fourth-order valence-corrected chi connectivity index (χ4v) is 2.66. The monoisotopic (exact) mass is 267 g/mol. The highest BCUT2D eigenvalue weighted by atomic mass is 35.5. The number of anilines is 1. The highest BCUT2D eigenvalue weighted by Crippen LogP contribution is 2.25. The van der Waals surface area contributed by atoms with Crippen molar-refractivity contribution in [3.05, 3.63) is 28.8 Å². The largest absolute Gasteiger partial charge is 0.382 e. The van der Waals surface area contributed by atoms with E-state index in [0.717, 1.165) is 24.5 Å². The first-order valence-corrected chi connectivity index (χ1v) is 7.08. The number of benzene rings is 1. The fourth-order valence-electron chi connectivity index (χ4n) is 2.43. The summed E-state index contributed by atoms with van der Waals surface area (Å²) in [5.41, 5.74) is 2.39. The molecule has 1 heterocycles. The molecule has 2 rings (SSSR count). The molecule has 0 saturated carbocycles.